The van der Waals surface area contributed by atoms with Crippen molar-refractivity contribution in [2.45, 2.75) is 6.92 Å². The van der Waals surface area contributed by atoms with Crippen LogP contribution in [0.2, 0.25) is 5.02 Å². The van der Waals surface area contributed by atoms with Gasteiger partial charge in [-0.25, -0.2) is 4.79 Å². The first kappa shape index (κ1) is 10.7. The number of halogens is 1. The van der Waals surface area contributed by atoms with Gasteiger partial charge in [0.05, 0.1) is 10.7 Å². The van der Waals surface area contributed by atoms with E-state index in [-0.39, 0.29) is 11.3 Å². The van der Waals surface area contributed by atoms with E-state index >= 15 is 0 Å². The Morgan fingerprint density at radius 2 is 2.12 bits per heavy atom. The molecule has 0 spiro atoms. The van der Waals surface area contributed by atoms with Crippen LogP contribution in [0.3, 0.4) is 0 Å². The summed E-state index contributed by atoms with van der Waals surface area (Å²) < 4.78 is 5.01. The van der Waals surface area contributed by atoms with Crippen molar-refractivity contribution in [3.05, 3.63) is 40.5 Å². The third-order valence-electron chi connectivity index (χ3n) is 2.20. The van der Waals surface area contributed by atoms with E-state index in [4.69, 9.17) is 21.2 Å². The molecule has 0 radical (unpaired) electrons. The van der Waals surface area contributed by atoms with Crippen LogP contribution >= 0.6 is 11.6 Å². The average Bonchev–Trinajstić information content (AvgIpc) is 2.61. The SMILES string of the molecule is Cc1noc(-c2ccccc2Cl)c1C(=O)O. The monoisotopic (exact) mass is 237 g/mol. The van der Waals surface area contributed by atoms with Gasteiger partial charge in [0.2, 0.25) is 0 Å². The van der Waals surface area contributed by atoms with E-state index in [1.54, 1.807) is 31.2 Å². The van der Waals surface area contributed by atoms with Gasteiger partial charge in [0, 0.05) is 5.56 Å². The minimum Gasteiger partial charge on any atom is -0.477 e. The highest BCUT2D eigenvalue weighted by atomic mass is 35.5. The molecule has 0 fully saturated rings. The van der Waals surface area contributed by atoms with E-state index in [0.717, 1.165) is 0 Å². The number of aryl methyl sites for hydroxylation is 1. The summed E-state index contributed by atoms with van der Waals surface area (Å²) in [7, 11) is 0. The molecule has 0 saturated carbocycles. The first-order chi connectivity index (χ1) is 7.61. The highest BCUT2D eigenvalue weighted by Crippen LogP contribution is 2.31. The Morgan fingerprint density at radius 3 is 2.75 bits per heavy atom. The van der Waals surface area contributed by atoms with Crippen LogP contribution in [0.5, 0.6) is 0 Å². The zero-order valence-corrected chi connectivity index (χ0v) is 9.15. The van der Waals surface area contributed by atoms with Gasteiger partial charge < -0.3 is 9.63 Å². The number of carboxylic acid groups (broad SMARTS) is 1. The minimum atomic E-state index is -1.08. The van der Waals surface area contributed by atoms with E-state index in [2.05, 4.69) is 5.16 Å². The second kappa shape index (κ2) is 3.98. The third-order valence-corrected chi connectivity index (χ3v) is 2.52. The number of rotatable bonds is 2. The quantitative estimate of drug-likeness (QED) is 0.872. The van der Waals surface area contributed by atoms with Gasteiger partial charge in [0.25, 0.3) is 0 Å². The summed E-state index contributed by atoms with van der Waals surface area (Å²) in [5, 5.41) is 13.1. The number of hydrogen-bond acceptors (Lipinski definition) is 3. The van der Waals surface area contributed by atoms with Gasteiger partial charge in [-0.15, -0.1) is 0 Å². The van der Waals surface area contributed by atoms with Crippen LogP contribution in [0.25, 0.3) is 11.3 Å². The lowest BCUT2D eigenvalue weighted by molar-refractivity contribution is 0.0696. The zero-order valence-electron chi connectivity index (χ0n) is 8.40. The molecule has 2 rings (SSSR count). The number of carboxylic acids is 1. The standard InChI is InChI=1S/C11H8ClNO3/c1-6-9(11(14)15)10(16-13-6)7-4-2-3-5-8(7)12/h2-5H,1H3,(H,14,15). The number of hydrogen-bond donors (Lipinski definition) is 1. The highest BCUT2D eigenvalue weighted by molar-refractivity contribution is 6.33. The molecule has 1 aromatic carbocycles. The van der Waals surface area contributed by atoms with Crippen LogP contribution in [0.4, 0.5) is 0 Å². The Bertz CT molecular complexity index is 548. The van der Waals surface area contributed by atoms with Crippen molar-refractivity contribution >= 4 is 17.6 Å². The summed E-state index contributed by atoms with van der Waals surface area (Å²) in [5.74, 6) is -0.885. The number of carbonyl (C=O) groups is 1. The van der Waals surface area contributed by atoms with E-state index in [9.17, 15) is 4.79 Å². The lowest BCUT2D eigenvalue weighted by atomic mass is 10.1. The Morgan fingerprint density at radius 1 is 1.44 bits per heavy atom. The van der Waals surface area contributed by atoms with Gasteiger partial charge >= 0.3 is 5.97 Å². The largest absolute Gasteiger partial charge is 0.477 e. The zero-order chi connectivity index (χ0) is 11.7. The van der Waals surface area contributed by atoms with Gasteiger partial charge in [-0.1, -0.05) is 28.9 Å². The molecular weight excluding hydrogens is 230 g/mol. The van der Waals surface area contributed by atoms with Crippen molar-refractivity contribution < 1.29 is 14.4 Å². The topological polar surface area (TPSA) is 63.3 Å². The van der Waals surface area contributed by atoms with Crippen LogP contribution in [-0.2, 0) is 0 Å². The maximum Gasteiger partial charge on any atom is 0.341 e. The molecule has 0 aliphatic carbocycles. The Labute approximate surface area is 96.4 Å². The second-order valence-electron chi connectivity index (χ2n) is 3.26. The number of benzene rings is 1. The van der Waals surface area contributed by atoms with E-state index in [1.165, 1.54) is 0 Å². The predicted molar refractivity (Wildman–Crippen MR) is 58.6 cm³/mol. The van der Waals surface area contributed by atoms with E-state index in [0.29, 0.717) is 16.3 Å². The molecule has 0 saturated heterocycles. The third kappa shape index (κ3) is 1.67. The lowest BCUT2D eigenvalue weighted by Gasteiger charge is -2.00. The van der Waals surface area contributed by atoms with Crippen molar-refractivity contribution in [1.29, 1.82) is 0 Å². The van der Waals surface area contributed by atoms with Gasteiger partial charge in [-0.05, 0) is 19.1 Å². The predicted octanol–water partition coefficient (Wildman–Crippen LogP) is 3.00. The second-order valence-corrected chi connectivity index (χ2v) is 3.66. The summed E-state index contributed by atoms with van der Waals surface area (Å²) in [6.07, 6.45) is 0. The minimum absolute atomic E-state index is 0.0492. The fraction of sp³-hybridized carbons (Fsp3) is 0.0909. The van der Waals surface area contributed by atoms with Crippen LogP contribution in [0, 0.1) is 6.92 Å². The molecular formula is C11H8ClNO3. The normalized spacial score (nSPS) is 10.4. The van der Waals surface area contributed by atoms with Crippen molar-refractivity contribution in [1.82, 2.24) is 5.16 Å². The molecule has 16 heavy (non-hydrogen) atoms. The van der Waals surface area contributed by atoms with Crippen LogP contribution < -0.4 is 0 Å². The first-order valence-electron chi connectivity index (χ1n) is 4.55. The molecule has 0 aliphatic rings. The summed E-state index contributed by atoms with van der Waals surface area (Å²) in [6, 6.07) is 6.87. The van der Waals surface area contributed by atoms with Crippen LogP contribution in [0.15, 0.2) is 28.8 Å². The fourth-order valence-electron chi connectivity index (χ4n) is 1.45. The molecule has 4 nitrogen and oxygen atoms in total. The lowest BCUT2D eigenvalue weighted by Crippen LogP contribution is -1.99. The van der Waals surface area contributed by atoms with Crippen LogP contribution in [0.1, 0.15) is 16.1 Å². The van der Waals surface area contributed by atoms with Gasteiger partial charge in [-0.3, -0.25) is 0 Å². The van der Waals surface area contributed by atoms with Crippen LogP contribution in [-0.4, -0.2) is 16.2 Å². The van der Waals surface area contributed by atoms with E-state index < -0.39 is 5.97 Å². The first-order valence-corrected chi connectivity index (χ1v) is 4.93. The molecule has 1 heterocycles. The molecule has 0 atom stereocenters. The summed E-state index contributed by atoms with van der Waals surface area (Å²) in [6.45, 7) is 1.58. The summed E-state index contributed by atoms with van der Waals surface area (Å²) >= 11 is 5.96. The fourth-order valence-corrected chi connectivity index (χ4v) is 1.67. The smallest absolute Gasteiger partial charge is 0.341 e. The van der Waals surface area contributed by atoms with Crippen molar-refractivity contribution in [2.75, 3.05) is 0 Å². The maximum absolute atomic E-state index is 11.0. The number of aromatic nitrogens is 1. The molecule has 0 unspecified atom stereocenters. The highest BCUT2D eigenvalue weighted by Gasteiger charge is 2.22. The van der Waals surface area contributed by atoms with Crippen molar-refractivity contribution in [2.24, 2.45) is 0 Å². The van der Waals surface area contributed by atoms with Gasteiger partial charge in [-0.2, -0.15) is 0 Å². The molecule has 0 bridgehead atoms. The molecule has 1 N–H and O–H groups in total. The molecule has 0 amide bonds. The van der Waals surface area contributed by atoms with Gasteiger partial charge in [0.1, 0.15) is 5.56 Å². The molecule has 82 valence electrons. The molecule has 5 heteroatoms. The van der Waals surface area contributed by atoms with Crippen molar-refractivity contribution in [3.63, 3.8) is 0 Å². The summed E-state index contributed by atoms with van der Waals surface area (Å²) in [4.78, 5) is 11.0. The maximum atomic E-state index is 11.0. The van der Waals surface area contributed by atoms with Gasteiger partial charge in [0.15, 0.2) is 5.76 Å². The average molecular weight is 238 g/mol. The Balaban J connectivity index is 2.66. The van der Waals surface area contributed by atoms with Crippen molar-refractivity contribution in [3.8, 4) is 11.3 Å². The number of nitrogens with zero attached hydrogens (tertiary/aromatic N) is 1. The summed E-state index contributed by atoms with van der Waals surface area (Å²) in [5.41, 5.74) is 0.915. The number of aromatic carboxylic acids is 1. The molecule has 2 aromatic rings. The molecule has 0 aliphatic heterocycles. The Kier molecular flexibility index (Phi) is 2.66. The Hall–Kier alpha value is -1.81. The van der Waals surface area contributed by atoms with E-state index in [1.807, 2.05) is 0 Å². The molecule has 1 aromatic heterocycles.